The van der Waals surface area contributed by atoms with Gasteiger partial charge in [0.2, 0.25) is 21.8 Å². The molecule has 1 saturated heterocycles. The number of benzene rings is 2. The van der Waals surface area contributed by atoms with Crippen molar-refractivity contribution in [3.63, 3.8) is 0 Å². The van der Waals surface area contributed by atoms with E-state index >= 15 is 0 Å². The third-order valence-corrected chi connectivity index (χ3v) is 7.27. The fourth-order valence-electron chi connectivity index (χ4n) is 3.67. The molecule has 35 heavy (non-hydrogen) atoms. The van der Waals surface area contributed by atoms with Crippen LogP contribution in [0, 0.1) is 6.92 Å². The molecule has 2 aromatic carbocycles. The number of nitrogens with one attached hydrogen (secondary N) is 2. The Morgan fingerprint density at radius 3 is 2.43 bits per heavy atom. The summed E-state index contributed by atoms with van der Waals surface area (Å²) in [5.74, 6) is -0.817. The highest BCUT2D eigenvalue weighted by Gasteiger charge is 2.35. The van der Waals surface area contributed by atoms with Crippen molar-refractivity contribution < 1.29 is 22.7 Å². The van der Waals surface area contributed by atoms with E-state index in [9.17, 15) is 18.0 Å². The highest BCUT2D eigenvalue weighted by atomic mass is 32.2. The minimum absolute atomic E-state index is 0.0359. The molecule has 0 aliphatic carbocycles. The number of carbonyl (C=O) groups is 2. The minimum Gasteiger partial charge on any atom is -0.374 e. The van der Waals surface area contributed by atoms with Crippen LogP contribution in [0.1, 0.15) is 31.4 Å². The normalized spacial score (nSPS) is 17.3. The Labute approximate surface area is 207 Å². The van der Waals surface area contributed by atoms with Crippen molar-refractivity contribution in [1.29, 1.82) is 0 Å². The van der Waals surface area contributed by atoms with Crippen molar-refractivity contribution in [3.05, 3.63) is 65.7 Å². The van der Waals surface area contributed by atoms with E-state index in [2.05, 4.69) is 10.0 Å². The van der Waals surface area contributed by atoms with Crippen molar-refractivity contribution in [2.45, 2.75) is 56.3 Å². The number of hydrogen-bond donors (Lipinski definition) is 3. The maximum atomic E-state index is 13.3. The lowest BCUT2D eigenvalue weighted by Crippen LogP contribution is -2.57. The maximum Gasteiger partial charge on any atom is 0.247 e. The Bertz CT molecular complexity index is 1110. The van der Waals surface area contributed by atoms with Crippen molar-refractivity contribution in [2.24, 2.45) is 5.73 Å². The summed E-state index contributed by atoms with van der Waals surface area (Å²) in [6, 6.07) is 14.7. The summed E-state index contributed by atoms with van der Waals surface area (Å²) in [5.41, 5.74) is 6.63. The number of aryl methyl sites for hydroxylation is 1. The molecular formula is C25H34N4O5S. The maximum absolute atomic E-state index is 13.3. The smallest absolute Gasteiger partial charge is 0.247 e. The zero-order chi connectivity index (χ0) is 25.6. The number of likely N-dealkylation sites (tertiary alicyclic amines) is 1. The summed E-state index contributed by atoms with van der Waals surface area (Å²) in [6.45, 7) is 5.80. The number of sulfonamides is 1. The molecule has 0 spiro atoms. The molecular weight excluding hydrogens is 468 g/mol. The summed E-state index contributed by atoms with van der Waals surface area (Å²) in [7, 11) is -3.71. The molecule has 1 aliphatic rings. The molecule has 1 unspecified atom stereocenters. The summed E-state index contributed by atoms with van der Waals surface area (Å²) < 4.78 is 33.9. The zero-order valence-corrected chi connectivity index (χ0v) is 21.2. The third kappa shape index (κ3) is 7.60. The van der Waals surface area contributed by atoms with Crippen LogP contribution in [-0.2, 0) is 31.0 Å². The lowest BCUT2D eigenvalue weighted by Gasteiger charge is -2.27. The fourth-order valence-corrected chi connectivity index (χ4v) is 4.93. The van der Waals surface area contributed by atoms with Crippen molar-refractivity contribution in [1.82, 2.24) is 14.9 Å². The van der Waals surface area contributed by atoms with E-state index < -0.39 is 33.6 Å². The standard InChI is InChI=1S/C25H34N4O5S/c1-18-9-11-21(12-10-18)35(32,33)28-20-13-14-29(15-20)23(30)22(27-24(31)25(2,3)26)17-34-16-19-7-5-4-6-8-19/h4-12,20,22,28H,13-17,26H2,1-3H3,(H,27,31)/t20?,22-/m1/s1. The van der Waals surface area contributed by atoms with E-state index in [1.54, 1.807) is 43.0 Å². The molecule has 0 aromatic heterocycles. The molecule has 4 N–H and O–H groups in total. The molecule has 0 bridgehead atoms. The van der Waals surface area contributed by atoms with Crippen LogP contribution in [0.25, 0.3) is 0 Å². The van der Waals surface area contributed by atoms with Gasteiger partial charge in [0.15, 0.2) is 0 Å². The molecule has 0 saturated carbocycles. The number of nitrogens with two attached hydrogens (primary N) is 1. The van der Waals surface area contributed by atoms with Gasteiger partial charge in [-0.3, -0.25) is 9.59 Å². The van der Waals surface area contributed by atoms with Gasteiger partial charge in [-0.1, -0.05) is 48.0 Å². The fraction of sp³-hybridized carbons (Fsp3) is 0.440. The molecule has 9 nitrogen and oxygen atoms in total. The Kier molecular flexibility index (Phi) is 8.65. The highest BCUT2D eigenvalue weighted by molar-refractivity contribution is 7.89. The Hall–Kier alpha value is -2.79. The predicted molar refractivity (Wildman–Crippen MR) is 133 cm³/mol. The molecule has 2 aromatic rings. The summed E-state index contributed by atoms with van der Waals surface area (Å²) in [4.78, 5) is 27.5. The van der Waals surface area contributed by atoms with Crippen molar-refractivity contribution in [3.8, 4) is 0 Å². The van der Waals surface area contributed by atoms with Gasteiger partial charge in [-0.15, -0.1) is 0 Å². The van der Waals surface area contributed by atoms with Gasteiger partial charge in [0.1, 0.15) is 6.04 Å². The van der Waals surface area contributed by atoms with Crippen LogP contribution < -0.4 is 15.8 Å². The average molecular weight is 503 g/mol. The number of rotatable bonds is 10. The zero-order valence-electron chi connectivity index (χ0n) is 20.4. The summed E-state index contributed by atoms with van der Waals surface area (Å²) in [5, 5.41) is 2.70. The Morgan fingerprint density at radius 2 is 1.80 bits per heavy atom. The Balaban J connectivity index is 1.63. The molecule has 1 fully saturated rings. The molecule has 2 atom stereocenters. The second-order valence-corrected chi connectivity index (χ2v) is 11.2. The van der Waals surface area contributed by atoms with Crippen LogP contribution >= 0.6 is 0 Å². The van der Waals surface area contributed by atoms with Crippen LogP contribution in [0.4, 0.5) is 0 Å². The molecule has 10 heteroatoms. The number of hydrogen-bond acceptors (Lipinski definition) is 6. The van der Waals surface area contributed by atoms with Crippen molar-refractivity contribution in [2.75, 3.05) is 19.7 Å². The molecule has 1 heterocycles. The second kappa shape index (κ2) is 11.3. The Morgan fingerprint density at radius 1 is 1.14 bits per heavy atom. The van der Waals surface area contributed by atoms with E-state index in [0.29, 0.717) is 13.0 Å². The number of carbonyl (C=O) groups excluding carboxylic acids is 2. The van der Waals surface area contributed by atoms with Crippen molar-refractivity contribution >= 4 is 21.8 Å². The van der Waals surface area contributed by atoms with E-state index in [4.69, 9.17) is 10.5 Å². The minimum atomic E-state index is -3.71. The second-order valence-electron chi connectivity index (χ2n) is 9.45. The lowest BCUT2D eigenvalue weighted by molar-refractivity contribution is -0.138. The largest absolute Gasteiger partial charge is 0.374 e. The van der Waals surface area contributed by atoms with Gasteiger partial charge in [0.25, 0.3) is 0 Å². The van der Waals surface area contributed by atoms with Crippen LogP contribution in [0.2, 0.25) is 0 Å². The number of amides is 2. The first kappa shape index (κ1) is 26.8. The number of nitrogens with zero attached hydrogens (tertiary/aromatic N) is 1. The van der Waals surface area contributed by atoms with Crippen LogP contribution in [-0.4, -0.2) is 62.5 Å². The third-order valence-electron chi connectivity index (χ3n) is 5.74. The van der Waals surface area contributed by atoms with Gasteiger partial charge in [0, 0.05) is 19.1 Å². The van der Waals surface area contributed by atoms with E-state index in [1.807, 2.05) is 37.3 Å². The lowest BCUT2D eigenvalue weighted by atomic mass is 10.1. The summed E-state index contributed by atoms with van der Waals surface area (Å²) >= 11 is 0. The first-order valence-electron chi connectivity index (χ1n) is 11.5. The van der Waals surface area contributed by atoms with E-state index in [1.165, 1.54) is 0 Å². The summed E-state index contributed by atoms with van der Waals surface area (Å²) in [6.07, 6.45) is 0.463. The molecule has 1 aliphatic heterocycles. The quantitative estimate of drug-likeness (QED) is 0.449. The van der Waals surface area contributed by atoms with Gasteiger partial charge in [-0.25, -0.2) is 13.1 Å². The van der Waals surface area contributed by atoms with Gasteiger partial charge < -0.3 is 20.7 Å². The first-order chi connectivity index (χ1) is 16.5. The highest BCUT2D eigenvalue weighted by Crippen LogP contribution is 2.16. The SMILES string of the molecule is Cc1ccc(S(=O)(=O)NC2CCN(C(=O)[C@@H](COCc3ccccc3)NC(=O)C(C)(C)N)C2)cc1. The van der Waals surface area contributed by atoms with E-state index in [-0.39, 0.29) is 30.6 Å². The molecule has 190 valence electrons. The predicted octanol–water partition coefficient (Wildman–Crippen LogP) is 1.31. The van der Waals surface area contributed by atoms with Gasteiger partial charge in [0.05, 0.1) is 23.6 Å². The van der Waals surface area contributed by atoms with Gasteiger partial charge >= 0.3 is 0 Å². The number of ether oxygens (including phenoxy) is 1. The topological polar surface area (TPSA) is 131 Å². The molecule has 3 rings (SSSR count). The van der Waals surface area contributed by atoms with Gasteiger partial charge in [-0.2, -0.15) is 0 Å². The average Bonchev–Trinajstić information content (AvgIpc) is 3.26. The van der Waals surface area contributed by atoms with Crippen LogP contribution in [0.15, 0.2) is 59.5 Å². The van der Waals surface area contributed by atoms with Gasteiger partial charge in [-0.05, 0) is 44.9 Å². The molecule has 2 amide bonds. The first-order valence-corrected chi connectivity index (χ1v) is 13.0. The van der Waals surface area contributed by atoms with Crippen LogP contribution in [0.3, 0.4) is 0 Å². The molecule has 0 radical (unpaired) electrons. The monoisotopic (exact) mass is 502 g/mol. The van der Waals surface area contributed by atoms with Crippen LogP contribution in [0.5, 0.6) is 0 Å². The van der Waals surface area contributed by atoms with E-state index in [0.717, 1.165) is 11.1 Å².